The minimum absolute atomic E-state index is 0.110. The largest absolute Gasteiger partial charge is 0.368 e. The maximum absolute atomic E-state index is 11.2. The molecule has 1 heterocycles. The number of carbonyl (C=O) groups is 2. The van der Waals surface area contributed by atoms with E-state index in [1.165, 1.54) is 0 Å². The Morgan fingerprint density at radius 1 is 1.40 bits per heavy atom. The van der Waals surface area contributed by atoms with Gasteiger partial charge in [-0.25, -0.2) is 0 Å². The predicted molar refractivity (Wildman–Crippen MR) is 54.8 cm³/mol. The monoisotopic (exact) mass is 207 g/mol. The molecular formula is C10H13N3O2. The van der Waals surface area contributed by atoms with Crippen molar-refractivity contribution in [3.05, 3.63) is 30.1 Å². The van der Waals surface area contributed by atoms with Crippen LogP contribution in [-0.2, 0) is 16.0 Å². The lowest BCUT2D eigenvalue weighted by Crippen LogP contribution is -2.33. The van der Waals surface area contributed by atoms with Gasteiger partial charge >= 0.3 is 0 Å². The minimum Gasteiger partial charge on any atom is -0.368 e. The zero-order chi connectivity index (χ0) is 11.1. The van der Waals surface area contributed by atoms with E-state index in [2.05, 4.69) is 10.3 Å². The van der Waals surface area contributed by atoms with Crippen molar-refractivity contribution in [2.24, 2.45) is 5.73 Å². The van der Waals surface area contributed by atoms with Crippen LogP contribution in [0.15, 0.2) is 24.4 Å². The van der Waals surface area contributed by atoms with Gasteiger partial charge in [0.05, 0.1) is 6.54 Å². The maximum atomic E-state index is 11.2. The van der Waals surface area contributed by atoms with E-state index in [4.69, 9.17) is 5.73 Å². The predicted octanol–water partition coefficient (Wildman–Crippen LogP) is -0.384. The standard InChI is InChI=1S/C10H13N3O2/c11-9(14)7-13-10(15)5-4-8-3-1-2-6-12-8/h1-3,6H,4-5,7H2,(H2,11,14)(H,13,15). The highest BCUT2D eigenvalue weighted by molar-refractivity contribution is 5.83. The molecule has 0 aliphatic carbocycles. The highest BCUT2D eigenvalue weighted by Gasteiger charge is 2.03. The van der Waals surface area contributed by atoms with Crippen LogP contribution in [-0.4, -0.2) is 23.3 Å². The second kappa shape index (κ2) is 5.74. The summed E-state index contributed by atoms with van der Waals surface area (Å²) < 4.78 is 0. The Morgan fingerprint density at radius 2 is 2.20 bits per heavy atom. The van der Waals surface area contributed by atoms with Crippen LogP contribution in [0.25, 0.3) is 0 Å². The number of nitrogens with zero attached hydrogens (tertiary/aromatic N) is 1. The fraction of sp³-hybridized carbons (Fsp3) is 0.300. The lowest BCUT2D eigenvalue weighted by atomic mass is 10.2. The average Bonchev–Trinajstić information content (AvgIpc) is 2.25. The van der Waals surface area contributed by atoms with Crippen LogP contribution in [0.4, 0.5) is 0 Å². The molecule has 0 saturated heterocycles. The molecule has 1 aromatic rings. The van der Waals surface area contributed by atoms with Gasteiger partial charge in [0.1, 0.15) is 0 Å². The topological polar surface area (TPSA) is 85.1 Å². The molecule has 1 aromatic heterocycles. The van der Waals surface area contributed by atoms with Crippen LogP contribution >= 0.6 is 0 Å². The third-order valence-corrected chi connectivity index (χ3v) is 1.79. The fourth-order valence-electron chi connectivity index (χ4n) is 1.06. The summed E-state index contributed by atoms with van der Waals surface area (Å²) in [5.41, 5.74) is 5.74. The molecule has 0 aromatic carbocycles. The van der Waals surface area contributed by atoms with Crippen molar-refractivity contribution in [1.82, 2.24) is 10.3 Å². The van der Waals surface area contributed by atoms with E-state index >= 15 is 0 Å². The van der Waals surface area contributed by atoms with Gasteiger partial charge in [0, 0.05) is 18.3 Å². The van der Waals surface area contributed by atoms with E-state index in [0.29, 0.717) is 12.8 Å². The van der Waals surface area contributed by atoms with Crippen LogP contribution in [0.1, 0.15) is 12.1 Å². The van der Waals surface area contributed by atoms with Crippen LogP contribution in [0.2, 0.25) is 0 Å². The minimum atomic E-state index is -0.541. The Hall–Kier alpha value is -1.91. The van der Waals surface area contributed by atoms with Crippen molar-refractivity contribution < 1.29 is 9.59 Å². The molecule has 0 unspecified atom stereocenters. The second-order valence-corrected chi connectivity index (χ2v) is 3.06. The zero-order valence-electron chi connectivity index (χ0n) is 8.27. The zero-order valence-corrected chi connectivity index (χ0v) is 8.27. The molecule has 2 amide bonds. The number of nitrogens with one attached hydrogen (secondary N) is 1. The summed E-state index contributed by atoms with van der Waals surface area (Å²) in [6.45, 7) is -0.110. The molecular weight excluding hydrogens is 194 g/mol. The molecule has 0 saturated carbocycles. The van der Waals surface area contributed by atoms with Crippen molar-refractivity contribution in [3.8, 4) is 0 Å². The summed E-state index contributed by atoms with van der Waals surface area (Å²) in [6, 6.07) is 5.53. The van der Waals surface area contributed by atoms with Crippen LogP contribution in [0.3, 0.4) is 0 Å². The van der Waals surface area contributed by atoms with Gasteiger partial charge in [-0.05, 0) is 18.6 Å². The summed E-state index contributed by atoms with van der Waals surface area (Å²) in [7, 11) is 0. The Labute approximate surface area is 87.7 Å². The van der Waals surface area contributed by atoms with Gasteiger partial charge < -0.3 is 11.1 Å². The third kappa shape index (κ3) is 4.75. The fourth-order valence-corrected chi connectivity index (χ4v) is 1.06. The molecule has 0 bridgehead atoms. The van der Waals surface area contributed by atoms with Gasteiger partial charge in [0.2, 0.25) is 11.8 Å². The molecule has 0 aliphatic rings. The Morgan fingerprint density at radius 3 is 2.80 bits per heavy atom. The SMILES string of the molecule is NC(=O)CNC(=O)CCc1ccccn1. The molecule has 5 heteroatoms. The van der Waals surface area contributed by atoms with E-state index in [9.17, 15) is 9.59 Å². The highest BCUT2D eigenvalue weighted by Crippen LogP contribution is 1.97. The molecule has 1 rings (SSSR count). The molecule has 0 atom stereocenters. The second-order valence-electron chi connectivity index (χ2n) is 3.06. The van der Waals surface area contributed by atoms with Gasteiger partial charge in [-0.15, -0.1) is 0 Å². The Bertz CT molecular complexity index is 338. The van der Waals surface area contributed by atoms with Gasteiger partial charge in [-0.1, -0.05) is 6.07 Å². The first-order valence-electron chi connectivity index (χ1n) is 4.63. The van der Waals surface area contributed by atoms with E-state index in [1.54, 1.807) is 6.20 Å². The first kappa shape index (κ1) is 11.2. The number of hydrogen-bond donors (Lipinski definition) is 2. The lowest BCUT2D eigenvalue weighted by molar-refractivity contribution is -0.124. The smallest absolute Gasteiger partial charge is 0.236 e. The summed E-state index contributed by atoms with van der Waals surface area (Å²) in [5.74, 6) is -0.736. The molecule has 15 heavy (non-hydrogen) atoms. The maximum Gasteiger partial charge on any atom is 0.236 e. The summed E-state index contributed by atoms with van der Waals surface area (Å²) in [5, 5.41) is 2.41. The van der Waals surface area contributed by atoms with E-state index in [1.807, 2.05) is 18.2 Å². The molecule has 0 spiro atoms. The number of aryl methyl sites for hydroxylation is 1. The van der Waals surface area contributed by atoms with Gasteiger partial charge in [-0.2, -0.15) is 0 Å². The number of hydrogen-bond acceptors (Lipinski definition) is 3. The number of aromatic nitrogens is 1. The van der Waals surface area contributed by atoms with Crippen molar-refractivity contribution in [1.29, 1.82) is 0 Å². The van der Waals surface area contributed by atoms with Crippen LogP contribution < -0.4 is 11.1 Å². The first-order valence-corrected chi connectivity index (χ1v) is 4.63. The molecule has 0 aliphatic heterocycles. The van der Waals surface area contributed by atoms with E-state index < -0.39 is 5.91 Å². The summed E-state index contributed by atoms with van der Waals surface area (Å²) in [6.07, 6.45) is 2.55. The highest BCUT2D eigenvalue weighted by atomic mass is 16.2. The number of pyridine rings is 1. The number of carbonyl (C=O) groups excluding carboxylic acids is 2. The molecule has 80 valence electrons. The molecule has 3 N–H and O–H groups in total. The van der Waals surface area contributed by atoms with Crippen molar-refractivity contribution in [3.63, 3.8) is 0 Å². The van der Waals surface area contributed by atoms with Gasteiger partial charge in [-0.3, -0.25) is 14.6 Å². The summed E-state index contributed by atoms with van der Waals surface area (Å²) >= 11 is 0. The van der Waals surface area contributed by atoms with Crippen LogP contribution in [0.5, 0.6) is 0 Å². The van der Waals surface area contributed by atoms with Crippen molar-refractivity contribution in [2.45, 2.75) is 12.8 Å². The first-order chi connectivity index (χ1) is 7.18. The van der Waals surface area contributed by atoms with Gasteiger partial charge in [0.15, 0.2) is 0 Å². The number of primary amides is 1. The molecule has 0 fully saturated rings. The van der Waals surface area contributed by atoms with Crippen LogP contribution in [0, 0.1) is 0 Å². The quantitative estimate of drug-likeness (QED) is 0.690. The number of rotatable bonds is 5. The number of nitrogens with two attached hydrogens (primary N) is 1. The van der Waals surface area contributed by atoms with Gasteiger partial charge in [0.25, 0.3) is 0 Å². The third-order valence-electron chi connectivity index (χ3n) is 1.79. The Kier molecular flexibility index (Phi) is 4.28. The normalized spacial score (nSPS) is 9.60. The average molecular weight is 207 g/mol. The lowest BCUT2D eigenvalue weighted by Gasteiger charge is -2.02. The molecule has 5 nitrogen and oxygen atoms in total. The molecule has 0 radical (unpaired) electrons. The van der Waals surface area contributed by atoms with Crippen molar-refractivity contribution >= 4 is 11.8 Å². The van der Waals surface area contributed by atoms with Crippen molar-refractivity contribution in [2.75, 3.05) is 6.54 Å². The van der Waals surface area contributed by atoms with E-state index in [0.717, 1.165) is 5.69 Å². The van der Waals surface area contributed by atoms with E-state index in [-0.39, 0.29) is 12.5 Å². The Balaban J connectivity index is 2.26. The number of amides is 2. The summed E-state index contributed by atoms with van der Waals surface area (Å²) in [4.78, 5) is 25.6.